The SMILES string of the molecule is C.C.C.C.C.C.CCSC(C)=S.CCSC(C)=S. The van der Waals surface area contributed by atoms with Crippen LogP contribution in [0.2, 0.25) is 0 Å². The lowest BCUT2D eigenvalue weighted by Gasteiger charge is -1.84. The summed E-state index contributed by atoms with van der Waals surface area (Å²) < 4.78 is 2.08. The van der Waals surface area contributed by atoms with E-state index in [1.54, 1.807) is 23.5 Å². The average Bonchev–Trinajstić information content (AvgIpc) is 1.87. The summed E-state index contributed by atoms with van der Waals surface area (Å²) in [6, 6.07) is 0. The van der Waals surface area contributed by atoms with Crippen LogP contribution in [0.5, 0.6) is 0 Å². The van der Waals surface area contributed by atoms with Gasteiger partial charge in [-0.15, -0.1) is 23.5 Å². The number of hydrogen-bond donors (Lipinski definition) is 0. The zero-order valence-corrected chi connectivity index (χ0v) is 11.3. The van der Waals surface area contributed by atoms with Crippen LogP contribution in [0.25, 0.3) is 0 Å². The molecule has 0 saturated heterocycles. The fourth-order valence-electron chi connectivity index (χ4n) is 0.407. The fraction of sp³-hybridized carbons (Fsp3) is 0.857. The molecule has 0 aromatic carbocycles. The Bertz CT molecular complexity index is 118. The van der Waals surface area contributed by atoms with E-state index in [-0.39, 0.29) is 44.6 Å². The van der Waals surface area contributed by atoms with Crippen LogP contribution in [0, 0.1) is 0 Å². The molecule has 0 atom stereocenters. The summed E-state index contributed by atoms with van der Waals surface area (Å²) in [4.78, 5) is 0. The first-order valence-electron chi connectivity index (χ1n) is 3.81. The van der Waals surface area contributed by atoms with Gasteiger partial charge in [-0.3, -0.25) is 0 Å². The minimum atomic E-state index is 0. The number of rotatable bonds is 2. The number of thioether (sulfide) groups is 2. The van der Waals surface area contributed by atoms with Crippen molar-refractivity contribution in [1.29, 1.82) is 0 Å². The molecule has 0 bridgehead atoms. The van der Waals surface area contributed by atoms with Gasteiger partial charge < -0.3 is 0 Å². The summed E-state index contributed by atoms with van der Waals surface area (Å²) in [5.74, 6) is 2.21. The molecular formula is C14H40S4. The fourth-order valence-corrected chi connectivity index (χ4v) is 1.93. The van der Waals surface area contributed by atoms with Gasteiger partial charge in [-0.2, -0.15) is 0 Å². The molecule has 0 N–H and O–H groups in total. The van der Waals surface area contributed by atoms with Gasteiger partial charge in [0.05, 0.1) is 0 Å². The molecule has 0 rings (SSSR count). The van der Waals surface area contributed by atoms with Crippen molar-refractivity contribution in [2.45, 2.75) is 72.3 Å². The highest BCUT2D eigenvalue weighted by Crippen LogP contribution is 2.00. The van der Waals surface area contributed by atoms with Crippen molar-refractivity contribution in [3.8, 4) is 0 Å². The second-order valence-corrected chi connectivity index (χ2v) is 6.55. The molecule has 0 aliphatic rings. The van der Waals surface area contributed by atoms with Gasteiger partial charge in [0.15, 0.2) is 0 Å². The van der Waals surface area contributed by atoms with E-state index >= 15 is 0 Å². The zero-order valence-electron chi connectivity index (χ0n) is 8.05. The summed E-state index contributed by atoms with van der Waals surface area (Å²) >= 11 is 13.0. The van der Waals surface area contributed by atoms with Crippen molar-refractivity contribution in [2.24, 2.45) is 0 Å². The molecule has 0 unspecified atom stereocenters. The van der Waals surface area contributed by atoms with E-state index in [4.69, 9.17) is 24.4 Å². The Kier molecular flexibility index (Phi) is 122. The molecule has 0 nitrogen and oxygen atoms in total. The molecule has 18 heavy (non-hydrogen) atoms. The molecule has 0 aliphatic carbocycles. The third-order valence-electron chi connectivity index (χ3n) is 0.695. The van der Waals surface area contributed by atoms with Crippen LogP contribution in [0.15, 0.2) is 0 Å². The van der Waals surface area contributed by atoms with Crippen molar-refractivity contribution in [3.63, 3.8) is 0 Å². The Labute approximate surface area is 139 Å². The molecular weight excluding hydrogens is 296 g/mol. The van der Waals surface area contributed by atoms with E-state index in [1.165, 1.54) is 0 Å². The third kappa shape index (κ3) is 89.9. The largest absolute Gasteiger partial charge is 0.120 e. The van der Waals surface area contributed by atoms with Crippen LogP contribution in [0.3, 0.4) is 0 Å². The predicted molar refractivity (Wildman–Crippen MR) is 113 cm³/mol. The molecule has 4 heteroatoms. The maximum atomic E-state index is 4.76. The van der Waals surface area contributed by atoms with Crippen molar-refractivity contribution in [3.05, 3.63) is 0 Å². The Balaban J connectivity index is -0.0000000139. The maximum Gasteiger partial charge on any atom is 0.0447 e. The second-order valence-electron chi connectivity index (χ2n) is 1.85. The first-order chi connectivity index (χ1) is 5.54. The average molecular weight is 337 g/mol. The quantitative estimate of drug-likeness (QED) is 0.468. The van der Waals surface area contributed by atoms with Gasteiger partial charge in [-0.1, -0.05) is 82.8 Å². The predicted octanol–water partition coefficient (Wildman–Crippen LogP) is 7.99. The molecule has 0 amide bonds. The molecule has 0 aliphatic heterocycles. The number of thiocarbonyl (C=S) groups is 2. The summed E-state index contributed by atoms with van der Waals surface area (Å²) in [5, 5.41) is 0. The van der Waals surface area contributed by atoms with E-state index in [2.05, 4.69) is 13.8 Å². The van der Waals surface area contributed by atoms with Gasteiger partial charge >= 0.3 is 0 Å². The lowest BCUT2D eigenvalue weighted by molar-refractivity contribution is 1.54. The summed E-state index contributed by atoms with van der Waals surface area (Å²) in [7, 11) is 0. The molecule has 0 saturated carbocycles. The van der Waals surface area contributed by atoms with Crippen LogP contribution >= 0.6 is 48.0 Å². The lowest BCUT2D eigenvalue weighted by atomic mass is 11.0. The van der Waals surface area contributed by atoms with Gasteiger partial charge in [0.25, 0.3) is 0 Å². The van der Waals surface area contributed by atoms with E-state index in [0.717, 1.165) is 19.9 Å². The molecule has 120 valence electrons. The van der Waals surface area contributed by atoms with Crippen molar-refractivity contribution in [1.82, 2.24) is 0 Å². The lowest BCUT2D eigenvalue weighted by Crippen LogP contribution is -1.74. The highest BCUT2D eigenvalue weighted by molar-refractivity contribution is 8.23. The minimum Gasteiger partial charge on any atom is -0.120 e. The maximum absolute atomic E-state index is 4.76. The second kappa shape index (κ2) is 43.0. The van der Waals surface area contributed by atoms with Crippen LogP contribution in [-0.4, -0.2) is 19.9 Å². The highest BCUT2D eigenvalue weighted by Gasteiger charge is 1.79. The molecule has 0 radical (unpaired) electrons. The highest BCUT2D eigenvalue weighted by atomic mass is 32.2. The van der Waals surface area contributed by atoms with Crippen molar-refractivity contribution < 1.29 is 0 Å². The Morgan fingerprint density at radius 2 is 0.833 bits per heavy atom. The van der Waals surface area contributed by atoms with E-state index < -0.39 is 0 Å². The van der Waals surface area contributed by atoms with Gasteiger partial charge in [-0.05, 0) is 25.4 Å². The molecule has 0 aromatic rings. The van der Waals surface area contributed by atoms with E-state index in [0.29, 0.717) is 0 Å². The minimum absolute atomic E-state index is 0. The Morgan fingerprint density at radius 3 is 0.833 bits per heavy atom. The summed E-state index contributed by atoms with van der Waals surface area (Å²) in [6.45, 7) is 8.09. The standard InChI is InChI=1S/2C4H8S2.6CH4/c2*1-3-6-4(2)5;;;;;;/h2*3H2,1-2H3;6*1H4. The van der Waals surface area contributed by atoms with Crippen molar-refractivity contribution in [2.75, 3.05) is 11.5 Å². The first-order valence-corrected chi connectivity index (χ1v) is 6.60. The van der Waals surface area contributed by atoms with Crippen LogP contribution < -0.4 is 0 Å². The number of hydrogen-bond acceptors (Lipinski definition) is 4. The van der Waals surface area contributed by atoms with Gasteiger partial charge in [0.1, 0.15) is 0 Å². The topological polar surface area (TPSA) is 0 Å². The van der Waals surface area contributed by atoms with Crippen LogP contribution in [0.1, 0.15) is 72.3 Å². The van der Waals surface area contributed by atoms with Gasteiger partial charge in [0, 0.05) is 8.39 Å². The van der Waals surface area contributed by atoms with Gasteiger partial charge in [0.2, 0.25) is 0 Å². The molecule has 0 spiro atoms. The summed E-state index contributed by atoms with van der Waals surface area (Å²) in [5.41, 5.74) is 0. The Morgan fingerprint density at radius 1 is 0.667 bits per heavy atom. The summed E-state index contributed by atoms with van der Waals surface area (Å²) in [6.07, 6.45) is 0. The third-order valence-corrected chi connectivity index (χ3v) is 2.79. The first kappa shape index (κ1) is 51.0. The molecule has 0 aromatic heterocycles. The normalized spacial score (nSPS) is 5.56. The van der Waals surface area contributed by atoms with Crippen LogP contribution in [0.4, 0.5) is 0 Å². The van der Waals surface area contributed by atoms with Crippen LogP contribution in [-0.2, 0) is 0 Å². The van der Waals surface area contributed by atoms with Crippen molar-refractivity contribution >= 4 is 56.4 Å². The Hall–Kier alpha value is 0.880. The van der Waals surface area contributed by atoms with E-state index in [1.807, 2.05) is 13.8 Å². The van der Waals surface area contributed by atoms with E-state index in [9.17, 15) is 0 Å². The molecule has 0 fully saturated rings. The smallest absolute Gasteiger partial charge is 0.0447 e. The zero-order chi connectivity index (χ0) is 9.98. The van der Waals surface area contributed by atoms with Gasteiger partial charge in [-0.25, -0.2) is 0 Å². The molecule has 0 heterocycles. The monoisotopic (exact) mass is 336 g/mol.